The van der Waals surface area contributed by atoms with Crippen LogP contribution in [0.3, 0.4) is 0 Å². The van der Waals surface area contributed by atoms with Crippen molar-refractivity contribution >= 4 is 102 Å². The van der Waals surface area contributed by atoms with E-state index in [2.05, 4.69) is 202 Å². The Hall–Kier alpha value is -4.51. The van der Waals surface area contributed by atoms with E-state index in [1.165, 1.54) is 63.9 Å². The van der Waals surface area contributed by atoms with Crippen LogP contribution in [-0.2, 0) is 0 Å². The summed E-state index contributed by atoms with van der Waals surface area (Å²) in [6.07, 6.45) is 0. The molecule has 0 saturated carbocycles. The second-order valence-corrected chi connectivity index (χ2v) is 36.8. The normalized spacial score (nSPS) is 12.2. The van der Waals surface area contributed by atoms with Gasteiger partial charge in [0.25, 0.3) is 0 Å². The SMILES string of the molecule is [CH3][Ge]([CH3])([CH3])[c]1ccc(N(c2ccccc2)c2ccc3ccc4c(N(c5ccccc5)c5cc[c]([Ge]([CH3])([CH3])[CH3])cc5)ccc5ccc2c3c54)cc1. The van der Waals surface area contributed by atoms with Crippen LogP contribution >= 0.6 is 0 Å². The molecule has 0 amide bonds. The maximum absolute atomic E-state index is 2.46. The maximum atomic E-state index is 2.46. The van der Waals surface area contributed by atoms with Gasteiger partial charge in [0.05, 0.1) is 0 Å². The van der Waals surface area contributed by atoms with E-state index in [0.717, 1.165) is 11.4 Å². The van der Waals surface area contributed by atoms with E-state index in [0.29, 0.717) is 0 Å². The predicted molar refractivity (Wildman–Crippen MR) is 225 cm³/mol. The Morgan fingerprint density at radius 2 is 0.640 bits per heavy atom. The van der Waals surface area contributed by atoms with Gasteiger partial charge in [-0.15, -0.1) is 0 Å². The Morgan fingerprint density at radius 1 is 0.320 bits per heavy atom. The van der Waals surface area contributed by atoms with Crippen molar-refractivity contribution in [3.05, 3.63) is 158 Å². The van der Waals surface area contributed by atoms with Crippen LogP contribution in [0.2, 0.25) is 34.5 Å². The molecular formula is C46H44Ge2N2. The topological polar surface area (TPSA) is 6.48 Å². The summed E-state index contributed by atoms with van der Waals surface area (Å²) in [5.41, 5.74) is 7.06. The standard InChI is InChI=1S/C46H44Ge2N2/c1-47(2,3)35-21-25-39(26-22-35)49(37-13-9-7-10-14-37)43-31-19-33-18-30-42-44(32-20-34-17-29-41(43)45(33)46(34)42)50(38-15-11-8-12-16-38)40-27-23-36(24-28-40)48(4,5)6/h7-32H,1-6H3. The van der Waals surface area contributed by atoms with Crippen LogP contribution in [0.1, 0.15) is 0 Å². The summed E-state index contributed by atoms with van der Waals surface area (Å²) in [6, 6.07) is 58.9. The molecule has 0 spiro atoms. The van der Waals surface area contributed by atoms with Crippen molar-refractivity contribution in [3.8, 4) is 0 Å². The molecule has 0 aliphatic carbocycles. The zero-order valence-electron chi connectivity index (χ0n) is 29.9. The molecule has 2 nitrogen and oxygen atoms in total. The third kappa shape index (κ3) is 5.89. The van der Waals surface area contributed by atoms with Crippen molar-refractivity contribution in [1.29, 1.82) is 0 Å². The van der Waals surface area contributed by atoms with Gasteiger partial charge in [-0.1, -0.05) is 0 Å². The first kappa shape index (κ1) is 32.7. The van der Waals surface area contributed by atoms with Crippen molar-refractivity contribution in [3.63, 3.8) is 0 Å². The second kappa shape index (κ2) is 12.7. The molecule has 8 rings (SSSR count). The summed E-state index contributed by atoms with van der Waals surface area (Å²) in [7, 11) is 0. The van der Waals surface area contributed by atoms with Crippen molar-refractivity contribution in [2.45, 2.75) is 34.5 Å². The van der Waals surface area contributed by atoms with E-state index in [1.807, 2.05) is 0 Å². The molecule has 246 valence electrons. The summed E-state index contributed by atoms with van der Waals surface area (Å²) >= 11 is -3.93. The van der Waals surface area contributed by atoms with Crippen LogP contribution in [-0.4, -0.2) is 26.5 Å². The van der Waals surface area contributed by atoms with E-state index >= 15 is 0 Å². The Kier molecular flexibility index (Phi) is 8.28. The number of benzene rings is 8. The van der Waals surface area contributed by atoms with Crippen molar-refractivity contribution in [2.24, 2.45) is 0 Å². The van der Waals surface area contributed by atoms with Gasteiger partial charge in [-0.3, -0.25) is 0 Å². The number of para-hydroxylation sites is 2. The van der Waals surface area contributed by atoms with Crippen LogP contribution in [0.15, 0.2) is 158 Å². The molecule has 0 bridgehead atoms. The zero-order chi connectivity index (χ0) is 34.6. The Bertz CT molecular complexity index is 2250. The number of hydrogen-bond acceptors (Lipinski definition) is 2. The molecule has 4 heteroatoms. The van der Waals surface area contributed by atoms with Crippen LogP contribution in [0, 0.1) is 0 Å². The molecule has 8 aromatic rings. The number of nitrogens with zero attached hydrogens (tertiary/aromatic N) is 2. The zero-order valence-corrected chi connectivity index (χ0v) is 34.1. The summed E-state index contributed by atoms with van der Waals surface area (Å²) < 4.78 is 3.03. The fraction of sp³-hybridized carbons (Fsp3) is 0.130. The molecule has 0 fully saturated rings. The quantitative estimate of drug-likeness (QED) is 0.112. The van der Waals surface area contributed by atoms with Gasteiger partial charge in [-0.25, -0.2) is 0 Å². The van der Waals surface area contributed by atoms with E-state index in [4.69, 9.17) is 0 Å². The van der Waals surface area contributed by atoms with Crippen molar-refractivity contribution in [2.75, 3.05) is 9.80 Å². The van der Waals surface area contributed by atoms with Gasteiger partial charge in [0, 0.05) is 0 Å². The number of hydrogen-bond donors (Lipinski definition) is 0. The molecule has 0 saturated heterocycles. The average Bonchev–Trinajstić information content (AvgIpc) is 3.12. The molecule has 0 aliphatic rings. The molecule has 0 unspecified atom stereocenters. The van der Waals surface area contributed by atoms with Gasteiger partial charge in [0.1, 0.15) is 0 Å². The second-order valence-electron chi connectivity index (χ2n) is 15.5. The summed E-state index contributed by atoms with van der Waals surface area (Å²) in [6.45, 7) is 0. The minimum absolute atomic E-state index is 1.16. The molecular weight excluding hydrogens is 726 g/mol. The predicted octanol–water partition coefficient (Wildman–Crippen LogP) is 12.6. The Labute approximate surface area is 302 Å². The van der Waals surface area contributed by atoms with Crippen LogP contribution in [0.5, 0.6) is 0 Å². The molecule has 0 N–H and O–H groups in total. The van der Waals surface area contributed by atoms with Gasteiger partial charge >= 0.3 is 304 Å². The average molecular weight is 770 g/mol. The Morgan fingerprint density at radius 3 is 0.980 bits per heavy atom. The summed E-state index contributed by atoms with van der Waals surface area (Å²) in [4.78, 5) is 4.87. The van der Waals surface area contributed by atoms with Crippen LogP contribution in [0.25, 0.3) is 32.3 Å². The third-order valence-electron chi connectivity index (χ3n) is 10.1. The number of anilines is 6. The first-order valence-electron chi connectivity index (χ1n) is 17.7. The van der Waals surface area contributed by atoms with Crippen molar-refractivity contribution < 1.29 is 0 Å². The van der Waals surface area contributed by atoms with Gasteiger partial charge in [0.2, 0.25) is 0 Å². The van der Waals surface area contributed by atoms with Crippen LogP contribution < -0.4 is 18.6 Å². The third-order valence-corrected chi connectivity index (χ3v) is 18.8. The van der Waals surface area contributed by atoms with E-state index in [9.17, 15) is 0 Å². The monoisotopic (exact) mass is 772 g/mol. The molecule has 0 heterocycles. The summed E-state index contributed by atoms with van der Waals surface area (Å²) in [5, 5.41) is 7.65. The van der Waals surface area contributed by atoms with E-state index < -0.39 is 26.5 Å². The van der Waals surface area contributed by atoms with E-state index in [1.54, 1.807) is 0 Å². The molecule has 0 atom stereocenters. The molecule has 0 aliphatic heterocycles. The molecule has 0 aromatic heterocycles. The van der Waals surface area contributed by atoms with Crippen LogP contribution in [0.4, 0.5) is 34.1 Å². The molecule has 0 radical (unpaired) electrons. The number of rotatable bonds is 8. The van der Waals surface area contributed by atoms with Crippen molar-refractivity contribution in [1.82, 2.24) is 0 Å². The first-order valence-corrected chi connectivity index (χ1v) is 32.4. The van der Waals surface area contributed by atoms with E-state index in [-0.39, 0.29) is 0 Å². The summed E-state index contributed by atoms with van der Waals surface area (Å²) in [5.74, 6) is 14.8. The fourth-order valence-electron chi connectivity index (χ4n) is 7.39. The van der Waals surface area contributed by atoms with Gasteiger partial charge in [0.15, 0.2) is 0 Å². The molecule has 8 aromatic carbocycles. The van der Waals surface area contributed by atoms with Gasteiger partial charge in [-0.2, -0.15) is 0 Å². The van der Waals surface area contributed by atoms with Gasteiger partial charge < -0.3 is 0 Å². The van der Waals surface area contributed by atoms with Gasteiger partial charge in [-0.05, 0) is 0 Å². The molecule has 50 heavy (non-hydrogen) atoms. The minimum atomic E-state index is -1.97. The first-order chi connectivity index (χ1) is 24.1. The fourth-order valence-corrected chi connectivity index (χ4v) is 12.3. The Balaban J connectivity index is 1.36.